The summed E-state index contributed by atoms with van der Waals surface area (Å²) < 4.78 is 5.83. The number of ether oxygens (including phenoxy) is 1. The topological polar surface area (TPSA) is 32.7 Å². The molecule has 0 aromatic carbocycles. The Morgan fingerprint density at radius 3 is 2.62 bits per heavy atom. The Morgan fingerprint density at radius 2 is 1.75 bits per heavy atom. The van der Waals surface area contributed by atoms with Crippen molar-refractivity contribution < 1.29 is 9.84 Å². The number of aliphatic hydroxyl groups is 1. The fraction of sp³-hybridized carbons (Fsp3) is 1.00. The third-order valence-electron chi connectivity index (χ3n) is 4.65. The van der Waals surface area contributed by atoms with Gasteiger partial charge in [0, 0.05) is 18.6 Å². The SMILES string of the molecule is O[C@H]1CCCC[C@@H]1N1CCOC2CCCC21. The molecule has 2 aliphatic carbocycles. The first-order chi connectivity index (χ1) is 7.86. The molecule has 4 atom stereocenters. The first-order valence-corrected chi connectivity index (χ1v) is 6.91. The number of nitrogens with zero attached hydrogens (tertiary/aromatic N) is 1. The van der Waals surface area contributed by atoms with Crippen LogP contribution in [0.1, 0.15) is 44.9 Å². The van der Waals surface area contributed by atoms with Gasteiger partial charge in [-0.2, -0.15) is 0 Å². The molecular weight excluding hydrogens is 202 g/mol. The quantitative estimate of drug-likeness (QED) is 0.735. The molecule has 1 saturated heterocycles. The Bertz CT molecular complexity index is 246. The van der Waals surface area contributed by atoms with Gasteiger partial charge in [-0.1, -0.05) is 12.8 Å². The maximum absolute atomic E-state index is 10.2. The van der Waals surface area contributed by atoms with Gasteiger partial charge in [0.2, 0.25) is 0 Å². The van der Waals surface area contributed by atoms with Gasteiger partial charge in [-0.25, -0.2) is 0 Å². The molecule has 92 valence electrons. The van der Waals surface area contributed by atoms with Gasteiger partial charge in [0.15, 0.2) is 0 Å². The van der Waals surface area contributed by atoms with Crippen LogP contribution < -0.4 is 0 Å². The summed E-state index contributed by atoms with van der Waals surface area (Å²) in [5.74, 6) is 0. The molecule has 1 heterocycles. The van der Waals surface area contributed by atoms with E-state index >= 15 is 0 Å². The van der Waals surface area contributed by atoms with Crippen LogP contribution in [0.15, 0.2) is 0 Å². The summed E-state index contributed by atoms with van der Waals surface area (Å²) in [5, 5.41) is 10.2. The van der Waals surface area contributed by atoms with Crippen LogP contribution in [0.4, 0.5) is 0 Å². The largest absolute Gasteiger partial charge is 0.391 e. The molecule has 0 aromatic heterocycles. The molecule has 0 aromatic rings. The van der Waals surface area contributed by atoms with Gasteiger partial charge in [-0.05, 0) is 32.1 Å². The number of hydrogen-bond acceptors (Lipinski definition) is 3. The lowest BCUT2D eigenvalue weighted by molar-refractivity contribution is -0.0990. The third kappa shape index (κ3) is 1.89. The van der Waals surface area contributed by atoms with Crippen molar-refractivity contribution in [3.8, 4) is 0 Å². The van der Waals surface area contributed by atoms with Crippen LogP contribution in [-0.2, 0) is 4.74 Å². The van der Waals surface area contributed by atoms with E-state index < -0.39 is 0 Å². The zero-order chi connectivity index (χ0) is 11.0. The minimum Gasteiger partial charge on any atom is -0.391 e. The van der Waals surface area contributed by atoms with E-state index in [1.165, 1.54) is 38.5 Å². The smallest absolute Gasteiger partial charge is 0.0731 e. The number of morpholine rings is 1. The summed E-state index contributed by atoms with van der Waals surface area (Å²) in [5.41, 5.74) is 0. The van der Waals surface area contributed by atoms with Gasteiger partial charge in [-0.3, -0.25) is 4.90 Å². The predicted molar refractivity (Wildman–Crippen MR) is 62.3 cm³/mol. The molecule has 2 saturated carbocycles. The second-order valence-electron chi connectivity index (χ2n) is 5.56. The zero-order valence-corrected chi connectivity index (χ0v) is 9.98. The maximum Gasteiger partial charge on any atom is 0.0731 e. The molecule has 3 rings (SSSR count). The number of hydrogen-bond donors (Lipinski definition) is 1. The van der Waals surface area contributed by atoms with Crippen molar-refractivity contribution in [2.75, 3.05) is 13.2 Å². The average molecular weight is 225 g/mol. The minimum atomic E-state index is -0.0897. The molecule has 0 amide bonds. The van der Waals surface area contributed by atoms with Crippen molar-refractivity contribution in [2.24, 2.45) is 0 Å². The van der Waals surface area contributed by atoms with Crippen molar-refractivity contribution in [1.82, 2.24) is 4.90 Å². The lowest BCUT2D eigenvalue weighted by Gasteiger charge is -2.45. The van der Waals surface area contributed by atoms with Crippen LogP contribution in [0.2, 0.25) is 0 Å². The van der Waals surface area contributed by atoms with Crippen molar-refractivity contribution in [1.29, 1.82) is 0 Å². The van der Waals surface area contributed by atoms with Crippen LogP contribution in [0.25, 0.3) is 0 Å². The van der Waals surface area contributed by atoms with Gasteiger partial charge >= 0.3 is 0 Å². The van der Waals surface area contributed by atoms with Gasteiger partial charge in [-0.15, -0.1) is 0 Å². The molecule has 3 heteroatoms. The second-order valence-corrected chi connectivity index (χ2v) is 5.56. The van der Waals surface area contributed by atoms with E-state index in [4.69, 9.17) is 4.74 Å². The monoisotopic (exact) mass is 225 g/mol. The van der Waals surface area contributed by atoms with Gasteiger partial charge in [0.1, 0.15) is 0 Å². The van der Waals surface area contributed by atoms with Crippen LogP contribution in [0, 0.1) is 0 Å². The summed E-state index contributed by atoms with van der Waals surface area (Å²) in [6, 6.07) is 1.02. The average Bonchev–Trinajstić information content (AvgIpc) is 2.77. The van der Waals surface area contributed by atoms with Gasteiger partial charge in [0.05, 0.1) is 18.8 Å². The highest BCUT2D eigenvalue weighted by molar-refractivity contribution is 4.95. The van der Waals surface area contributed by atoms with E-state index in [1.54, 1.807) is 0 Å². The summed E-state index contributed by atoms with van der Waals surface area (Å²) in [7, 11) is 0. The molecule has 2 unspecified atom stereocenters. The minimum absolute atomic E-state index is 0.0897. The Labute approximate surface area is 97.8 Å². The lowest BCUT2D eigenvalue weighted by atomic mass is 9.89. The third-order valence-corrected chi connectivity index (χ3v) is 4.65. The highest BCUT2D eigenvalue weighted by atomic mass is 16.5. The van der Waals surface area contributed by atoms with Crippen LogP contribution in [0.3, 0.4) is 0 Å². The Balaban J connectivity index is 1.71. The van der Waals surface area contributed by atoms with E-state index in [9.17, 15) is 5.11 Å². The standard InChI is InChI=1S/C13H23NO2/c15-12-6-2-1-4-10(12)14-8-9-16-13-7-3-5-11(13)14/h10-13,15H,1-9H2/t10-,11?,12-,13?/m0/s1. The number of aliphatic hydroxyl groups excluding tert-OH is 1. The fourth-order valence-corrected chi connectivity index (χ4v) is 3.85. The van der Waals surface area contributed by atoms with E-state index in [0.29, 0.717) is 18.2 Å². The second kappa shape index (κ2) is 4.63. The fourth-order valence-electron chi connectivity index (χ4n) is 3.85. The van der Waals surface area contributed by atoms with E-state index in [0.717, 1.165) is 19.6 Å². The number of rotatable bonds is 1. The summed E-state index contributed by atoms with van der Waals surface area (Å²) >= 11 is 0. The van der Waals surface area contributed by atoms with Gasteiger partial charge < -0.3 is 9.84 Å². The highest BCUT2D eigenvalue weighted by Gasteiger charge is 2.41. The van der Waals surface area contributed by atoms with E-state index in [1.807, 2.05) is 0 Å². The first kappa shape index (κ1) is 11.0. The molecule has 1 aliphatic heterocycles. The van der Waals surface area contributed by atoms with Crippen molar-refractivity contribution in [3.05, 3.63) is 0 Å². The first-order valence-electron chi connectivity index (χ1n) is 6.91. The molecule has 0 bridgehead atoms. The lowest BCUT2D eigenvalue weighted by Crippen LogP contribution is -2.57. The summed E-state index contributed by atoms with van der Waals surface area (Å²) in [6.07, 6.45) is 8.85. The van der Waals surface area contributed by atoms with Crippen LogP contribution >= 0.6 is 0 Å². The predicted octanol–water partition coefficient (Wildman–Crippen LogP) is 1.54. The zero-order valence-electron chi connectivity index (χ0n) is 9.98. The summed E-state index contributed by atoms with van der Waals surface area (Å²) in [6.45, 7) is 1.90. The van der Waals surface area contributed by atoms with Crippen LogP contribution in [-0.4, -0.2) is 47.4 Å². The molecule has 0 radical (unpaired) electrons. The Morgan fingerprint density at radius 1 is 0.938 bits per heavy atom. The molecule has 16 heavy (non-hydrogen) atoms. The van der Waals surface area contributed by atoms with E-state index in [-0.39, 0.29) is 6.10 Å². The normalized spacial score (nSPS) is 45.6. The highest BCUT2D eigenvalue weighted by Crippen LogP contribution is 2.34. The van der Waals surface area contributed by atoms with Crippen LogP contribution in [0.5, 0.6) is 0 Å². The molecular formula is C13H23NO2. The molecule has 3 aliphatic rings. The summed E-state index contributed by atoms with van der Waals surface area (Å²) in [4.78, 5) is 2.57. The van der Waals surface area contributed by atoms with Crippen molar-refractivity contribution in [3.63, 3.8) is 0 Å². The molecule has 3 fully saturated rings. The van der Waals surface area contributed by atoms with Crippen molar-refractivity contribution >= 4 is 0 Å². The Kier molecular flexibility index (Phi) is 3.18. The molecule has 0 spiro atoms. The maximum atomic E-state index is 10.2. The molecule has 3 nitrogen and oxygen atoms in total. The number of fused-ring (bicyclic) bond motifs is 1. The van der Waals surface area contributed by atoms with Crippen molar-refractivity contribution in [2.45, 2.75) is 69.2 Å². The van der Waals surface area contributed by atoms with Gasteiger partial charge in [0.25, 0.3) is 0 Å². The Hall–Kier alpha value is -0.120. The molecule has 1 N–H and O–H groups in total. The van der Waals surface area contributed by atoms with E-state index in [2.05, 4.69) is 4.90 Å².